The van der Waals surface area contributed by atoms with Crippen LogP contribution in [-0.4, -0.2) is 26.0 Å². The first-order valence-electron chi connectivity index (χ1n) is 7.82. The van der Waals surface area contributed by atoms with Crippen LogP contribution < -0.4 is 20.1 Å². The Morgan fingerprint density at radius 1 is 0.960 bits per heavy atom. The molecule has 0 bridgehead atoms. The van der Waals surface area contributed by atoms with Gasteiger partial charge in [0.15, 0.2) is 11.5 Å². The third-order valence-electron chi connectivity index (χ3n) is 3.73. The van der Waals surface area contributed by atoms with Gasteiger partial charge in [0, 0.05) is 18.3 Å². The Kier molecular flexibility index (Phi) is 6.00. The van der Waals surface area contributed by atoms with Gasteiger partial charge >= 0.3 is 0 Å². The molecule has 2 aromatic carbocycles. The number of hydrogen-bond donors (Lipinski definition) is 2. The molecule has 0 aliphatic rings. The fraction of sp³-hybridized carbons (Fsp3) is 0.263. The number of benzene rings is 2. The molecule has 0 aliphatic heterocycles. The van der Waals surface area contributed by atoms with Crippen molar-refractivity contribution in [2.24, 2.45) is 0 Å². The van der Waals surface area contributed by atoms with Crippen LogP contribution in [0, 0.1) is 6.92 Å². The topological polar surface area (TPSA) is 76.7 Å². The Labute approximate surface area is 147 Å². The van der Waals surface area contributed by atoms with Crippen LogP contribution in [-0.2, 0) is 16.0 Å². The Morgan fingerprint density at radius 2 is 1.60 bits per heavy atom. The van der Waals surface area contributed by atoms with Crippen LogP contribution in [0.25, 0.3) is 0 Å². The van der Waals surface area contributed by atoms with E-state index in [9.17, 15) is 9.59 Å². The molecule has 0 heterocycles. The van der Waals surface area contributed by atoms with Crippen LogP contribution >= 0.6 is 0 Å². The number of hydrogen-bond acceptors (Lipinski definition) is 4. The first-order chi connectivity index (χ1) is 11.9. The van der Waals surface area contributed by atoms with Gasteiger partial charge in [0.2, 0.25) is 11.8 Å². The van der Waals surface area contributed by atoms with Crippen LogP contribution in [0.5, 0.6) is 11.5 Å². The van der Waals surface area contributed by atoms with E-state index >= 15 is 0 Å². The molecule has 2 aromatic rings. The second-order valence-corrected chi connectivity index (χ2v) is 5.57. The Balaban J connectivity index is 2.12. The largest absolute Gasteiger partial charge is 0.493 e. The van der Waals surface area contributed by atoms with Gasteiger partial charge in [0.05, 0.1) is 20.6 Å². The maximum Gasteiger partial charge on any atom is 0.228 e. The van der Waals surface area contributed by atoms with Gasteiger partial charge in [0.25, 0.3) is 0 Å². The van der Waals surface area contributed by atoms with Crippen molar-refractivity contribution in [3.63, 3.8) is 0 Å². The second-order valence-electron chi connectivity index (χ2n) is 5.57. The van der Waals surface area contributed by atoms with Gasteiger partial charge in [-0.25, -0.2) is 0 Å². The molecule has 132 valence electrons. The predicted octanol–water partition coefficient (Wildman–Crippen LogP) is 3.15. The molecule has 0 fully saturated rings. The van der Waals surface area contributed by atoms with Crippen LogP contribution in [0.3, 0.4) is 0 Å². The molecular weight excluding hydrogens is 320 g/mol. The van der Waals surface area contributed by atoms with E-state index in [0.717, 1.165) is 11.1 Å². The van der Waals surface area contributed by atoms with E-state index in [-0.39, 0.29) is 18.2 Å². The first kappa shape index (κ1) is 18.3. The van der Waals surface area contributed by atoms with E-state index in [1.54, 1.807) is 44.6 Å². The van der Waals surface area contributed by atoms with Crippen molar-refractivity contribution >= 4 is 23.2 Å². The number of methoxy groups -OCH3 is 2. The summed E-state index contributed by atoms with van der Waals surface area (Å²) in [6, 6.07) is 10.7. The van der Waals surface area contributed by atoms with Crippen molar-refractivity contribution in [2.45, 2.75) is 20.3 Å². The zero-order chi connectivity index (χ0) is 18.4. The minimum absolute atomic E-state index is 0.156. The highest BCUT2D eigenvalue weighted by Gasteiger charge is 2.11. The molecular formula is C19H22N2O4. The zero-order valence-corrected chi connectivity index (χ0v) is 14.8. The normalized spacial score (nSPS) is 10.1. The van der Waals surface area contributed by atoms with Gasteiger partial charge < -0.3 is 20.1 Å². The molecule has 2 rings (SSSR count). The van der Waals surface area contributed by atoms with Crippen LogP contribution in [0.4, 0.5) is 11.4 Å². The second kappa shape index (κ2) is 8.19. The standard InChI is InChI=1S/C19H22N2O4/c1-12-15(20-13(2)22)6-5-7-16(12)21-19(23)11-14-8-9-17(24-3)18(10-14)25-4/h5-10H,11H2,1-4H3,(H,20,22)(H,21,23). The van der Waals surface area contributed by atoms with E-state index in [0.29, 0.717) is 22.9 Å². The summed E-state index contributed by atoms with van der Waals surface area (Å²) in [5.74, 6) is 0.884. The Bertz CT molecular complexity index is 787. The summed E-state index contributed by atoms with van der Waals surface area (Å²) < 4.78 is 10.4. The third kappa shape index (κ3) is 4.73. The summed E-state index contributed by atoms with van der Waals surface area (Å²) in [4.78, 5) is 23.6. The zero-order valence-electron chi connectivity index (χ0n) is 14.8. The molecule has 0 radical (unpaired) electrons. The van der Waals surface area contributed by atoms with E-state index in [4.69, 9.17) is 9.47 Å². The van der Waals surface area contributed by atoms with Crippen LogP contribution in [0.2, 0.25) is 0 Å². The highest BCUT2D eigenvalue weighted by Crippen LogP contribution is 2.28. The molecule has 6 nitrogen and oxygen atoms in total. The number of rotatable bonds is 6. The molecule has 25 heavy (non-hydrogen) atoms. The Hall–Kier alpha value is -3.02. The highest BCUT2D eigenvalue weighted by atomic mass is 16.5. The predicted molar refractivity (Wildman–Crippen MR) is 97.4 cm³/mol. The lowest BCUT2D eigenvalue weighted by Gasteiger charge is -2.13. The Morgan fingerprint density at radius 3 is 2.20 bits per heavy atom. The van der Waals surface area contributed by atoms with Crippen LogP contribution in [0.1, 0.15) is 18.1 Å². The quantitative estimate of drug-likeness (QED) is 0.845. The first-order valence-corrected chi connectivity index (χ1v) is 7.82. The van der Waals surface area contributed by atoms with Crippen molar-refractivity contribution in [2.75, 3.05) is 24.9 Å². The maximum atomic E-state index is 12.4. The van der Waals surface area contributed by atoms with Gasteiger partial charge in [0.1, 0.15) is 0 Å². The van der Waals surface area contributed by atoms with Gasteiger partial charge in [-0.15, -0.1) is 0 Å². The van der Waals surface area contributed by atoms with E-state index in [2.05, 4.69) is 10.6 Å². The minimum Gasteiger partial charge on any atom is -0.493 e. The molecule has 0 aliphatic carbocycles. The number of carbonyl (C=O) groups excluding carboxylic acids is 2. The number of anilines is 2. The molecule has 0 saturated carbocycles. The molecule has 0 unspecified atom stereocenters. The lowest BCUT2D eigenvalue weighted by molar-refractivity contribution is -0.115. The monoisotopic (exact) mass is 342 g/mol. The number of ether oxygens (including phenoxy) is 2. The average molecular weight is 342 g/mol. The maximum absolute atomic E-state index is 12.4. The van der Waals surface area contributed by atoms with Gasteiger partial charge in [-0.2, -0.15) is 0 Å². The van der Waals surface area contributed by atoms with Crippen molar-refractivity contribution in [3.05, 3.63) is 47.5 Å². The molecule has 0 aromatic heterocycles. The van der Waals surface area contributed by atoms with Crippen molar-refractivity contribution in [1.82, 2.24) is 0 Å². The lowest BCUT2D eigenvalue weighted by atomic mass is 10.1. The van der Waals surface area contributed by atoms with Crippen LogP contribution in [0.15, 0.2) is 36.4 Å². The number of nitrogens with one attached hydrogen (secondary N) is 2. The highest BCUT2D eigenvalue weighted by molar-refractivity contribution is 5.96. The van der Waals surface area contributed by atoms with Gasteiger partial charge in [-0.3, -0.25) is 9.59 Å². The van der Waals surface area contributed by atoms with E-state index in [1.165, 1.54) is 6.92 Å². The molecule has 2 amide bonds. The van der Waals surface area contributed by atoms with E-state index < -0.39 is 0 Å². The summed E-state index contributed by atoms with van der Waals surface area (Å²) in [5.41, 5.74) is 2.96. The minimum atomic E-state index is -0.157. The lowest BCUT2D eigenvalue weighted by Crippen LogP contribution is -2.16. The SMILES string of the molecule is COc1ccc(CC(=O)Nc2cccc(NC(C)=O)c2C)cc1OC. The molecule has 2 N–H and O–H groups in total. The molecule has 6 heteroatoms. The van der Waals surface area contributed by atoms with Crippen molar-refractivity contribution in [1.29, 1.82) is 0 Å². The van der Waals surface area contributed by atoms with E-state index in [1.807, 2.05) is 13.0 Å². The molecule has 0 saturated heterocycles. The fourth-order valence-electron chi connectivity index (χ4n) is 2.47. The number of amides is 2. The third-order valence-corrected chi connectivity index (χ3v) is 3.73. The fourth-order valence-corrected chi connectivity index (χ4v) is 2.47. The smallest absolute Gasteiger partial charge is 0.228 e. The average Bonchev–Trinajstić information content (AvgIpc) is 2.58. The molecule has 0 atom stereocenters. The molecule has 0 spiro atoms. The summed E-state index contributed by atoms with van der Waals surface area (Å²) in [5, 5.41) is 5.62. The van der Waals surface area contributed by atoms with Gasteiger partial charge in [-0.1, -0.05) is 12.1 Å². The summed E-state index contributed by atoms with van der Waals surface area (Å²) in [6.45, 7) is 3.29. The number of carbonyl (C=O) groups is 2. The summed E-state index contributed by atoms with van der Waals surface area (Å²) >= 11 is 0. The summed E-state index contributed by atoms with van der Waals surface area (Å²) in [7, 11) is 3.12. The summed E-state index contributed by atoms with van der Waals surface area (Å²) in [6.07, 6.45) is 0.199. The van der Waals surface area contributed by atoms with Crippen molar-refractivity contribution in [3.8, 4) is 11.5 Å². The van der Waals surface area contributed by atoms with Gasteiger partial charge in [-0.05, 0) is 42.3 Å². The van der Waals surface area contributed by atoms with Crippen molar-refractivity contribution < 1.29 is 19.1 Å².